The van der Waals surface area contributed by atoms with Crippen molar-refractivity contribution in [3.8, 4) is 0 Å². The molecule has 0 aliphatic carbocycles. The molecule has 1 unspecified atom stereocenters. The highest BCUT2D eigenvalue weighted by atomic mass is 16.4. The predicted molar refractivity (Wildman–Crippen MR) is 86.5 cm³/mol. The average Bonchev–Trinajstić information content (AvgIpc) is 2.68. The standard InChI is InChI=1S/C17H19N3O2/c1-20-11-5-8-13(12-6-2-3-9-15(12)20)18-16-10-4-7-14(19-16)17(21)22/h2-4,6-7,9-10,13H,5,8,11H2,1H3,(H,18,19)(H,21,22). The maximum atomic E-state index is 11.0. The molecule has 0 bridgehead atoms. The van der Waals surface area contributed by atoms with Gasteiger partial charge in [-0.15, -0.1) is 0 Å². The lowest BCUT2D eigenvalue weighted by atomic mass is 10.0. The maximum absolute atomic E-state index is 11.0. The van der Waals surface area contributed by atoms with E-state index in [0.29, 0.717) is 5.82 Å². The van der Waals surface area contributed by atoms with Crippen LogP contribution in [-0.4, -0.2) is 29.7 Å². The molecule has 0 amide bonds. The Morgan fingerprint density at radius 1 is 1.27 bits per heavy atom. The molecule has 2 N–H and O–H groups in total. The van der Waals surface area contributed by atoms with Crippen LogP contribution in [0.3, 0.4) is 0 Å². The lowest BCUT2D eigenvalue weighted by Gasteiger charge is -2.22. The van der Waals surface area contributed by atoms with Gasteiger partial charge in [0.25, 0.3) is 0 Å². The molecule has 2 heterocycles. The second-order valence-corrected chi connectivity index (χ2v) is 5.53. The number of aromatic carboxylic acids is 1. The highest BCUT2D eigenvalue weighted by Crippen LogP contribution is 2.33. The van der Waals surface area contributed by atoms with Gasteiger partial charge in [0.1, 0.15) is 5.82 Å². The Morgan fingerprint density at radius 3 is 2.91 bits per heavy atom. The summed E-state index contributed by atoms with van der Waals surface area (Å²) in [5.41, 5.74) is 2.50. The first-order chi connectivity index (χ1) is 10.6. The summed E-state index contributed by atoms with van der Waals surface area (Å²) in [6, 6.07) is 13.5. The van der Waals surface area contributed by atoms with E-state index < -0.39 is 5.97 Å². The zero-order chi connectivity index (χ0) is 15.5. The third kappa shape index (κ3) is 2.88. The smallest absolute Gasteiger partial charge is 0.354 e. The van der Waals surface area contributed by atoms with Gasteiger partial charge in [-0.3, -0.25) is 0 Å². The van der Waals surface area contributed by atoms with Crippen LogP contribution in [0.25, 0.3) is 0 Å². The second kappa shape index (κ2) is 6.05. The number of nitrogens with zero attached hydrogens (tertiary/aromatic N) is 2. The summed E-state index contributed by atoms with van der Waals surface area (Å²) >= 11 is 0. The molecule has 5 nitrogen and oxygen atoms in total. The van der Waals surface area contributed by atoms with Gasteiger partial charge in [0.2, 0.25) is 0 Å². The summed E-state index contributed by atoms with van der Waals surface area (Å²) in [6.45, 7) is 1.01. The second-order valence-electron chi connectivity index (χ2n) is 5.53. The average molecular weight is 297 g/mol. The quantitative estimate of drug-likeness (QED) is 0.911. The first kappa shape index (κ1) is 14.4. The number of hydrogen-bond donors (Lipinski definition) is 2. The number of carbonyl (C=O) groups is 1. The fourth-order valence-corrected chi connectivity index (χ4v) is 2.90. The number of carboxylic acids is 1. The van der Waals surface area contributed by atoms with Crippen molar-refractivity contribution in [1.82, 2.24) is 4.98 Å². The van der Waals surface area contributed by atoms with Gasteiger partial charge in [0, 0.05) is 19.3 Å². The van der Waals surface area contributed by atoms with E-state index in [-0.39, 0.29) is 11.7 Å². The molecule has 0 saturated carbocycles. The Labute approximate surface area is 129 Å². The first-order valence-electron chi connectivity index (χ1n) is 7.42. The van der Waals surface area contributed by atoms with Crippen LogP contribution in [-0.2, 0) is 0 Å². The fraction of sp³-hybridized carbons (Fsp3) is 0.294. The minimum absolute atomic E-state index is 0.0593. The number of hydrogen-bond acceptors (Lipinski definition) is 4. The summed E-state index contributed by atoms with van der Waals surface area (Å²) in [4.78, 5) is 17.5. The van der Waals surface area contributed by atoms with Crippen molar-refractivity contribution in [3.63, 3.8) is 0 Å². The number of anilines is 2. The molecule has 22 heavy (non-hydrogen) atoms. The monoisotopic (exact) mass is 297 g/mol. The zero-order valence-corrected chi connectivity index (χ0v) is 12.5. The molecule has 1 aliphatic heterocycles. The van der Waals surface area contributed by atoms with Crippen molar-refractivity contribution in [1.29, 1.82) is 0 Å². The Balaban J connectivity index is 1.90. The molecule has 114 valence electrons. The van der Waals surface area contributed by atoms with Crippen molar-refractivity contribution < 1.29 is 9.90 Å². The summed E-state index contributed by atoms with van der Waals surface area (Å²) < 4.78 is 0. The van der Waals surface area contributed by atoms with E-state index in [4.69, 9.17) is 5.11 Å². The molecular weight excluding hydrogens is 278 g/mol. The van der Waals surface area contributed by atoms with Crippen molar-refractivity contribution >= 4 is 17.5 Å². The van der Waals surface area contributed by atoms with E-state index in [1.807, 2.05) is 18.2 Å². The summed E-state index contributed by atoms with van der Waals surface area (Å²) in [5.74, 6) is -0.408. The van der Waals surface area contributed by atoms with E-state index in [1.54, 1.807) is 6.07 Å². The number of aromatic nitrogens is 1. The number of carboxylic acid groups (broad SMARTS) is 1. The lowest BCUT2D eigenvalue weighted by molar-refractivity contribution is 0.0690. The van der Waals surface area contributed by atoms with Gasteiger partial charge in [0.15, 0.2) is 5.69 Å². The van der Waals surface area contributed by atoms with Gasteiger partial charge < -0.3 is 15.3 Å². The molecule has 3 rings (SSSR count). The van der Waals surface area contributed by atoms with Gasteiger partial charge in [0.05, 0.1) is 6.04 Å². The number of benzene rings is 1. The van der Waals surface area contributed by atoms with Crippen LogP contribution in [0.5, 0.6) is 0 Å². The number of rotatable bonds is 3. The van der Waals surface area contributed by atoms with Gasteiger partial charge in [-0.05, 0) is 36.6 Å². The van der Waals surface area contributed by atoms with Crippen LogP contribution in [0.15, 0.2) is 42.5 Å². The topological polar surface area (TPSA) is 65.5 Å². The number of pyridine rings is 1. The van der Waals surface area contributed by atoms with Gasteiger partial charge in [-0.25, -0.2) is 9.78 Å². The molecule has 1 aromatic carbocycles. The van der Waals surface area contributed by atoms with Crippen molar-refractivity contribution in [2.24, 2.45) is 0 Å². The molecule has 1 aliphatic rings. The summed E-state index contributed by atoms with van der Waals surface area (Å²) in [5, 5.41) is 12.4. The van der Waals surface area contributed by atoms with Gasteiger partial charge in [-0.1, -0.05) is 24.3 Å². The normalized spacial score (nSPS) is 17.5. The highest BCUT2D eigenvalue weighted by Gasteiger charge is 2.21. The minimum atomic E-state index is -1.01. The summed E-state index contributed by atoms with van der Waals surface area (Å²) in [7, 11) is 2.10. The van der Waals surface area contributed by atoms with E-state index in [0.717, 1.165) is 19.4 Å². The molecule has 1 aromatic heterocycles. The molecule has 0 radical (unpaired) electrons. The highest BCUT2D eigenvalue weighted by molar-refractivity contribution is 5.85. The lowest BCUT2D eigenvalue weighted by Crippen LogP contribution is -2.17. The number of fused-ring (bicyclic) bond motifs is 1. The Bertz CT molecular complexity index is 687. The molecule has 0 fully saturated rings. The molecule has 5 heteroatoms. The third-order valence-corrected chi connectivity index (χ3v) is 4.00. The van der Waals surface area contributed by atoms with E-state index in [2.05, 4.69) is 34.4 Å². The minimum Gasteiger partial charge on any atom is -0.477 e. The molecule has 0 spiro atoms. The van der Waals surface area contributed by atoms with Crippen LogP contribution < -0.4 is 10.2 Å². The van der Waals surface area contributed by atoms with Gasteiger partial charge >= 0.3 is 5.97 Å². The van der Waals surface area contributed by atoms with E-state index >= 15 is 0 Å². The first-order valence-corrected chi connectivity index (χ1v) is 7.42. The van der Waals surface area contributed by atoms with Crippen LogP contribution in [0, 0.1) is 0 Å². The third-order valence-electron chi connectivity index (χ3n) is 4.00. The van der Waals surface area contributed by atoms with Crippen LogP contribution >= 0.6 is 0 Å². The van der Waals surface area contributed by atoms with Crippen molar-refractivity contribution in [2.75, 3.05) is 23.8 Å². The Kier molecular flexibility index (Phi) is 3.96. The SMILES string of the molecule is CN1CCCC(Nc2cccc(C(=O)O)n2)c2ccccc21. The van der Waals surface area contributed by atoms with Gasteiger partial charge in [-0.2, -0.15) is 0 Å². The molecular formula is C17H19N3O2. The predicted octanol–water partition coefficient (Wildman–Crippen LogP) is 3.16. The molecule has 1 atom stereocenters. The van der Waals surface area contributed by atoms with Crippen LogP contribution in [0.1, 0.15) is 34.9 Å². The van der Waals surface area contributed by atoms with Crippen LogP contribution in [0.4, 0.5) is 11.5 Å². The molecule has 0 saturated heterocycles. The fourth-order valence-electron chi connectivity index (χ4n) is 2.90. The molecule has 2 aromatic rings. The Hall–Kier alpha value is -2.56. The van der Waals surface area contributed by atoms with E-state index in [1.165, 1.54) is 17.3 Å². The largest absolute Gasteiger partial charge is 0.477 e. The number of nitrogens with one attached hydrogen (secondary N) is 1. The van der Waals surface area contributed by atoms with E-state index in [9.17, 15) is 4.79 Å². The maximum Gasteiger partial charge on any atom is 0.354 e. The Morgan fingerprint density at radius 2 is 2.09 bits per heavy atom. The zero-order valence-electron chi connectivity index (χ0n) is 12.5. The summed E-state index contributed by atoms with van der Waals surface area (Å²) in [6.07, 6.45) is 2.06. The van der Waals surface area contributed by atoms with Crippen molar-refractivity contribution in [3.05, 3.63) is 53.7 Å². The van der Waals surface area contributed by atoms with Crippen molar-refractivity contribution in [2.45, 2.75) is 18.9 Å². The van der Waals surface area contributed by atoms with Crippen LogP contribution in [0.2, 0.25) is 0 Å². The number of para-hydroxylation sites is 1.